The van der Waals surface area contributed by atoms with Gasteiger partial charge >= 0.3 is 45.8 Å². The van der Waals surface area contributed by atoms with Crippen molar-refractivity contribution in [3.63, 3.8) is 0 Å². The minimum atomic E-state index is -1.29. The normalized spacial score (nSPS) is 10.0. The van der Waals surface area contributed by atoms with Crippen LogP contribution in [0.15, 0.2) is 0 Å². The molecule has 0 heterocycles. The number of carboxylic acid groups (broad SMARTS) is 2. The van der Waals surface area contributed by atoms with Gasteiger partial charge in [0.05, 0.1) is 0 Å². The fourth-order valence-corrected chi connectivity index (χ4v) is 0.780. The fraction of sp³-hybridized carbons (Fsp3) is 0.538. The van der Waals surface area contributed by atoms with Crippen molar-refractivity contribution in [1.82, 2.24) is 0 Å². The van der Waals surface area contributed by atoms with E-state index in [1.54, 1.807) is 7.11 Å². The molecular weight excluding hydrogens is 461 g/mol. The number of carboxylic acids is 2. The molecule has 0 fully saturated rings. The van der Waals surface area contributed by atoms with E-state index in [0.29, 0.717) is 6.54 Å². The molecule has 141 valence electrons. The molecule has 0 aromatic carbocycles. The van der Waals surface area contributed by atoms with Gasteiger partial charge in [-0.15, -0.1) is 0 Å². The third-order valence-electron chi connectivity index (χ3n) is 1.82. The molecule has 0 saturated heterocycles. The number of nitrogens with zero attached hydrogens (tertiary/aromatic N) is 1. The average molecular weight is 478 g/mol. The summed E-state index contributed by atoms with van der Waals surface area (Å²) in [6.07, 6.45) is 0. The van der Waals surface area contributed by atoms with E-state index in [1.165, 1.54) is 0 Å². The predicted octanol–water partition coefficient (Wildman–Crippen LogP) is 0.968. The van der Waals surface area contributed by atoms with Crippen molar-refractivity contribution in [2.75, 3.05) is 13.7 Å². The van der Waals surface area contributed by atoms with E-state index in [1.807, 2.05) is 13.8 Å². The zero-order chi connectivity index (χ0) is 20.9. The van der Waals surface area contributed by atoms with Crippen molar-refractivity contribution in [3.05, 3.63) is 31.4 Å². The minimum absolute atomic E-state index is 0. The third-order valence-corrected chi connectivity index (χ3v) is 3.09. The van der Waals surface area contributed by atoms with Gasteiger partial charge in [-0.1, -0.05) is 0 Å². The standard InChI is InChI=1S/C6H11NO.C4H6O4S2.3CO.Tc/c1-6(2,8-4)5-7-3;5-3(6)1(9)2(10)4(7)8;3*1-2;/h5H2,1-2,4H3;1-2,9-10H,(H,5,6)(H,7,8);;;;/i;;;;;1+1. The van der Waals surface area contributed by atoms with Crippen LogP contribution in [0.3, 0.4) is 0 Å². The molecular formula is C13H17NO8S2Tc. The van der Waals surface area contributed by atoms with Gasteiger partial charge < -0.3 is 19.8 Å². The van der Waals surface area contributed by atoms with Crippen molar-refractivity contribution < 1.29 is 58.6 Å². The Hall–Kier alpha value is -1.04. The zero-order valence-electron chi connectivity index (χ0n) is 13.4. The molecule has 9 nitrogen and oxygen atoms in total. The van der Waals surface area contributed by atoms with Gasteiger partial charge in [-0.2, -0.15) is 25.3 Å². The molecule has 2 atom stereocenters. The second kappa shape index (κ2) is 27.8. The van der Waals surface area contributed by atoms with Gasteiger partial charge in [-0.25, -0.2) is 6.57 Å². The Kier molecular flexibility index (Phi) is 43.5. The molecule has 0 spiro atoms. The van der Waals surface area contributed by atoms with E-state index in [0.717, 1.165) is 0 Å². The molecule has 2 unspecified atom stereocenters. The Morgan fingerprint density at radius 3 is 1.36 bits per heavy atom. The second-order valence-corrected chi connectivity index (χ2v) is 4.96. The molecule has 12 heteroatoms. The van der Waals surface area contributed by atoms with Crippen molar-refractivity contribution in [3.8, 4) is 0 Å². The quantitative estimate of drug-likeness (QED) is 0.264. The summed E-state index contributed by atoms with van der Waals surface area (Å²) in [5.74, 6) is -2.57. The van der Waals surface area contributed by atoms with Crippen LogP contribution in [-0.4, -0.2) is 51.9 Å². The molecule has 0 aliphatic heterocycles. The summed E-state index contributed by atoms with van der Waals surface area (Å²) in [6.45, 7) is 24.2. The molecule has 0 saturated carbocycles. The van der Waals surface area contributed by atoms with Crippen molar-refractivity contribution in [2.45, 2.75) is 29.9 Å². The van der Waals surface area contributed by atoms with E-state index in [9.17, 15) is 9.59 Å². The number of aliphatic carboxylic acids is 2. The fourth-order valence-electron chi connectivity index (χ4n) is 0.525. The summed E-state index contributed by atoms with van der Waals surface area (Å²) in [5.41, 5.74) is -0.262. The molecule has 0 bridgehead atoms. The first kappa shape index (κ1) is 39.2. The summed E-state index contributed by atoms with van der Waals surface area (Å²) in [4.78, 5) is 23.3. The number of rotatable bonds is 5. The Morgan fingerprint density at radius 2 is 1.28 bits per heavy atom. The van der Waals surface area contributed by atoms with Crippen LogP contribution >= 0.6 is 25.3 Å². The molecule has 25 heavy (non-hydrogen) atoms. The Bertz CT molecular complexity index is 413. The zero-order valence-corrected chi connectivity index (χ0v) is 17.1. The number of ether oxygens (including phenoxy) is 1. The van der Waals surface area contributed by atoms with Gasteiger partial charge in [-0.3, -0.25) is 9.59 Å². The maximum absolute atomic E-state index is 10.1. The molecule has 0 rings (SSSR count). The van der Waals surface area contributed by atoms with Gasteiger partial charge in [0.15, 0.2) is 0 Å². The van der Waals surface area contributed by atoms with Crippen LogP contribution in [0.25, 0.3) is 4.85 Å². The summed E-state index contributed by atoms with van der Waals surface area (Å²) in [6, 6.07) is 0. The van der Waals surface area contributed by atoms with E-state index >= 15 is 0 Å². The third kappa shape index (κ3) is 31.3. The predicted molar refractivity (Wildman–Crippen MR) is 85.2 cm³/mol. The van der Waals surface area contributed by atoms with Crippen molar-refractivity contribution >= 4 is 37.2 Å². The molecule has 2 N–H and O–H groups in total. The van der Waals surface area contributed by atoms with Gasteiger partial charge in [0.25, 0.3) is 0 Å². The van der Waals surface area contributed by atoms with Crippen molar-refractivity contribution in [1.29, 1.82) is 0 Å². The van der Waals surface area contributed by atoms with Crippen LogP contribution < -0.4 is 0 Å². The average Bonchev–Trinajstić information content (AvgIpc) is 2.59. The van der Waals surface area contributed by atoms with Gasteiger partial charge in [0.2, 0.25) is 6.54 Å². The molecule has 0 aromatic heterocycles. The second-order valence-electron chi connectivity index (χ2n) is 3.85. The molecule has 0 aliphatic carbocycles. The van der Waals surface area contributed by atoms with Crippen LogP contribution in [0, 0.1) is 26.5 Å². The van der Waals surface area contributed by atoms with Gasteiger partial charge in [0, 0.05) is 27.2 Å². The van der Waals surface area contributed by atoms with E-state index in [4.69, 9.17) is 35.5 Å². The molecule has 0 aliphatic rings. The Balaban J connectivity index is -0.0000000543. The Morgan fingerprint density at radius 1 is 1.04 bits per heavy atom. The van der Waals surface area contributed by atoms with E-state index < -0.39 is 22.4 Å². The number of thiol groups is 2. The summed E-state index contributed by atoms with van der Waals surface area (Å²) < 4.78 is 27.5. The first-order chi connectivity index (χ1) is 11.1. The number of hydrogen-bond acceptors (Lipinski definition) is 5. The summed E-state index contributed by atoms with van der Waals surface area (Å²) >= 11 is 7.00. The van der Waals surface area contributed by atoms with Crippen LogP contribution in [0.2, 0.25) is 0 Å². The first-order valence-corrected chi connectivity index (χ1v) is 6.43. The van der Waals surface area contributed by atoms with Crippen LogP contribution in [0.5, 0.6) is 0 Å². The SMILES string of the molecule is O=C(O)C(S)C(S)C(=O)O.[99Tc].[C-]#[N+]CC(C)(C)OC.[C-]#[O+].[C-]#[O+].[C-]#[O+]. The maximum atomic E-state index is 10.1. The molecule has 0 aromatic rings. The van der Waals surface area contributed by atoms with Crippen LogP contribution in [-0.2, 0) is 48.4 Å². The van der Waals surface area contributed by atoms with E-state index in [2.05, 4.69) is 50.1 Å². The number of carbonyl (C=O) groups is 2. The molecule has 0 amide bonds. The molecule has 1 radical (unpaired) electrons. The topological polar surface area (TPSA) is 148 Å². The summed E-state index contributed by atoms with van der Waals surface area (Å²) in [5, 5.41) is 13.9. The van der Waals surface area contributed by atoms with Crippen molar-refractivity contribution in [2.24, 2.45) is 0 Å². The summed E-state index contributed by atoms with van der Waals surface area (Å²) in [7, 11) is 1.62. The van der Waals surface area contributed by atoms with Gasteiger partial charge in [-0.05, 0) is 13.8 Å². The van der Waals surface area contributed by atoms with Gasteiger partial charge in [0.1, 0.15) is 16.1 Å². The van der Waals surface area contributed by atoms with Crippen LogP contribution in [0.1, 0.15) is 13.8 Å². The first-order valence-electron chi connectivity index (χ1n) is 5.40. The number of methoxy groups -OCH3 is 1. The van der Waals surface area contributed by atoms with E-state index in [-0.39, 0.29) is 25.7 Å². The number of hydrogen-bond donors (Lipinski definition) is 4. The monoisotopic (exact) mass is 478 g/mol. The Labute approximate surface area is 170 Å². The van der Waals surface area contributed by atoms with Crippen LogP contribution in [0.4, 0.5) is 0 Å².